The highest BCUT2D eigenvalue weighted by molar-refractivity contribution is 5.45. The van der Waals surface area contributed by atoms with Gasteiger partial charge in [-0.3, -0.25) is 4.90 Å². The summed E-state index contributed by atoms with van der Waals surface area (Å²) >= 11 is 0. The predicted octanol–water partition coefficient (Wildman–Crippen LogP) is 1.52. The van der Waals surface area contributed by atoms with Gasteiger partial charge in [0.25, 0.3) is 0 Å². The van der Waals surface area contributed by atoms with E-state index in [9.17, 15) is 5.11 Å². The lowest BCUT2D eigenvalue weighted by atomic mass is 10.1. The Morgan fingerprint density at radius 2 is 2.39 bits per heavy atom. The van der Waals surface area contributed by atoms with Crippen LogP contribution in [0, 0.1) is 11.3 Å². The smallest absolute Gasteiger partial charge is 0.136 e. The number of aliphatic hydroxyl groups is 1. The van der Waals surface area contributed by atoms with Crippen molar-refractivity contribution in [3.8, 4) is 11.8 Å². The Hall–Kier alpha value is -1.57. The van der Waals surface area contributed by atoms with Gasteiger partial charge in [-0.15, -0.1) is 0 Å². The van der Waals surface area contributed by atoms with E-state index in [4.69, 9.17) is 10.00 Å². The Balaban J connectivity index is 2.12. The zero-order valence-corrected chi connectivity index (χ0v) is 10.6. The third kappa shape index (κ3) is 2.63. The van der Waals surface area contributed by atoms with Crippen LogP contribution in [0.1, 0.15) is 24.0 Å². The minimum absolute atomic E-state index is 0.210. The molecule has 0 saturated carbocycles. The Morgan fingerprint density at radius 3 is 3.06 bits per heavy atom. The summed E-state index contributed by atoms with van der Waals surface area (Å²) in [5, 5.41) is 18.3. The van der Waals surface area contributed by atoms with Crippen LogP contribution in [0.15, 0.2) is 18.2 Å². The lowest BCUT2D eigenvalue weighted by Crippen LogP contribution is -2.31. The van der Waals surface area contributed by atoms with Crippen LogP contribution in [0.4, 0.5) is 0 Å². The summed E-state index contributed by atoms with van der Waals surface area (Å²) in [4.78, 5) is 2.27. The molecule has 96 valence electrons. The third-order valence-electron chi connectivity index (χ3n) is 3.48. The van der Waals surface area contributed by atoms with Crippen molar-refractivity contribution in [3.05, 3.63) is 29.3 Å². The molecule has 1 aromatic rings. The van der Waals surface area contributed by atoms with E-state index in [1.807, 2.05) is 18.2 Å². The van der Waals surface area contributed by atoms with Crippen LogP contribution >= 0.6 is 0 Å². The number of likely N-dealkylation sites (tertiary alicyclic amines) is 1. The molecule has 1 N–H and O–H groups in total. The standard InChI is InChI=1S/C14H18N2O2/c1-18-14-5-4-11(7-12(14)8-15)9-16-6-2-3-13(16)10-17/h4-5,7,13,17H,2-3,6,9-10H2,1H3/t13-/m0/s1. The second-order valence-corrected chi connectivity index (χ2v) is 4.60. The molecular formula is C14H18N2O2. The van der Waals surface area contributed by atoms with E-state index in [1.165, 1.54) is 0 Å². The molecule has 0 unspecified atom stereocenters. The van der Waals surface area contributed by atoms with E-state index in [-0.39, 0.29) is 12.6 Å². The number of benzene rings is 1. The predicted molar refractivity (Wildman–Crippen MR) is 68.2 cm³/mol. The second kappa shape index (κ2) is 5.85. The first-order valence-corrected chi connectivity index (χ1v) is 6.20. The van der Waals surface area contributed by atoms with Gasteiger partial charge in [-0.25, -0.2) is 0 Å². The number of hydrogen-bond acceptors (Lipinski definition) is 4. The van der Waals surface area contributed by atoms with Crippen molar-refractivity contribution < 1.29 is 9.84 Å². The number of rotatable bonds is 4. The topological polar surface area (TPSA) is 56.5 Å². The number of nitriles is 1. The molecule has 1 aliphatic rings. The Bertz CT molecular complexity index is 454. The summed E-state index contributed by atoms with van der Waals surface area (Å²) in [6, 6.07) is 8.08. The van der Waals surface area contributed by atoms with Gasteiger partial charge < -0.3 is 9.84 Å². The molecule has 0 aliphatic carbocycles. The fourth-order valence-corrected chi connectivity index (χ4v) is 2.49. The van der Waals surface area contributed by atoms with Crippen LogP contribution in [0.3, 0.4) is 0 Å². The molecule has 0 bridgehead atoms. The van der Waals surface area contributed by atoms with Crippen LogP contribution in [0.5, 0.6) is 5.75 Å². The maximum Gasteiger partial charge on any atom is 0.136 e. The molecular weight excluding hydrogens is 228 g/mol. The van der Waals surface area contributed by atoms with Crippen LogP contribution < -0.4 is 4.74 Å². The normalized spacial score (nSPS) is 19.7. The molecule has 4 nitrogen and oxygen atoms in total. The van der Waals surface area contributed by atoms with Crippen molar-refractivity contribution in [3.63, 3.8) is 0 Å². The van der Waals surface area contributed by atoms with E-state index >= 15 is 0 Å². The van der Waals surface area contributed by atoms with Crippen LogP contribution in [-0.2, 0) is 6.54 Å². The highest BCUT2D eigenvalue weighted by atomic mass is 16.5. The summed E-state index contributed by atoms with van der Waals surface area (Å²) < 4.78 is 5.13. The maximum atomic E-state index is 9.28. The van der Waals surface area contributed by atoms with Crippen molar-refractivity contribution >= 4 is 0 Å². The van der Waals surface area contributed by atoms with Gasteiger partial charge in [-0.2, -0.15) is 5.26 Å². The number of ether oxygens (including phenoxy) is 1. The Labute approximate surface area is 107 Å². The molecule has 2 rings (SSSR count). The highest BCUT2D eigenvalue weighted by Crippen LogP contribution is 2.23. The lowest BCUT2D eigenvalue weighted by molar-refractivity contribution is 0.153. The molecule has 0 spiro atoms. The van der Waals surface area contributed by atoms with E-state index in [0.717, 1.165) is 31.5 Å². The Kier molecular flexibility index (Phi) is 4.19. The van der Waals surface area contributed by atoms with Gasteiger partial charge in [0.2, 0.25) is 0 Å². The highest BCUT2D eigenvalue weighted by Gasteiger charge is 2.23. The summed E-state index contributed by atoms with van der Waals surface area (Å²) in [6.07, 6.45) is 2.18. The van der Waals surface area contributed by atoms with Gasteiger partial charge in [0, 0.05) is 12.6 Å². The van der Waals surface area contributed by atoms with Crippen molar-refractivity contribution in [2.45, 2.75) is 25.4 Å². The molecule has 1 saturated heterocycles. The van der Waals surface area contributed by atoms with Crippen molar-refractivity contribution in [2.75, 3.05) is 20.3 Å². The molecule has 1 heterocycles. The second-order valence-electron chi connectivity index (χ2n) is 4.60. The molecule has 1 fully saturated rings. The summed E-state index contributed by atoms with van der Waals surface area (Å²) in [5.41, 5.74) is 1.66. The zero-order chi connectivity index (χ0) is 13.0. The van der Waals surface area contributed by atoms with Gasteiger partial charge in [0.05, 0.1) is 19.3 Å². The van der Waals surface area contributed by atoms with E-state index in [0.29, 0.717) is 11.3 Å². The van der Waals surface area contributed by atoms with Crippen LogP contribution in [-0.4, -0.2) is 36.3 Å². The Morgan fingerprint density at radius 1 is 1.56 bits per heavy atom. The minimum Gasteiger partial charge on any atom is -0.495 e. The first-order valence-electron chi connectivity index (χ1n) is 6.20. The zero-order valence-electron chi connectivity index (χ0n) is 10.6. The molecule has 0 amide bonds. The van der Waals surface area contributed by atoms with Crippen molar-refractivity contribution in [1.29, 1.82) is 5.26 Å². The van der Waals surface area contributed by atoms with Crippen LogP contribution in [0.2, 0.25) is 0 Å². The van der Waals surface area contributed by atoms with E-state index in [1.54, 1.807) is 7.11 Å². The molecule has 0 aromatic heterocycles. The van der Waals surface area contributed by atoms with E-state index < -0.39 is 0 Å². The maximum absolute atomic E-state index is 9.28. The summed E-state index contributed by atoms with van der Waals surface area (Å²) in [6.45, 7) is 2.00. The summed E-state index contributed by atoms with van der Waals surface area (Å²) in [7, 11) is 1.57. The monoisotopic (exact) mass is 246 g/mol. The third-order valence-corrected chi connectivity index (χ3v) is 3.48. The van der Waals surface area contributed by atoms with Gasteiger partial charge in [0.15, 0.2) is 0 Å². The van der Waals surface area contributed by atoms with Crippen molar-refractivity contribution in [1.82, 2.24) is 4.90 Å². The fraction of sp³-hybridized carbons (Fsp3) is 0.500. The van der Waals surface area contributed by atoms with Gasteiger partial charge in [0.1, 0.15) is 11.8 Å². The largest absolute Gasteiger partial charge is 0.495 e. The molecule has 0 radical (unpaired) electrons. The van der Waals surface area contributed by atoms with Gasteiger partial charge in [-0.1, -0.05) is 6.07 Å². The summed E-state index contributed by atoms with van der Waals surface area (Å²) in [5.74, 6) is 0.612. The molecule has 1 aromatic carbocycles. The molecule has 1 atom stereocenters. The number of nitrogens with zero attached hydrogens (tertiary/aromatic N) is 2. The van der Waals surface area contributed by atoms with Crippen LogP contribution in [0.25, 0.3) is 0 Å². The molecule has 1 aliphatic heterocycles. The fourth-order valence-electron chi connectivity index (χ4n) is 2.49. The van der Waals surface area contributed by atoms with E-state index in [2.05, 4.69) is 11.0 Å². The SMILES string of the molecule is COc1ccc(CN2CCC[C@H]2CO)cc1C#N. The molecule has 4 heteroatoms. The van der Waals surface area contributed by atoms with Crippen molar-refractivity contribution in [2.24, 2.45) is 0 Å². The average Bonchev–Trinajstić information content (AvgIpc) is 2.85. The number of methoxy groups -OCH3 is 1. The van der Waals surface area contributed by atoms with Gasteiger partial charge >= 0.3 is 0 Å². The molecule has 18 heavy (non-hydrogen) atoms. The number of aliphatic hydroxyl groups excluding tert-OH is 1. The first-order chi connectivity index (χ1) is 8.78. The quantitative estimate of drug-likeness (QED) is 0.875. The lowest BCUT2D eigenvalue weighted by Gasteiger charge is -2.22. The number of hydrogen-bond donors (Lipinski definition) is 1. The first kappa shape index (κ1) is 12.9. The minimum atomic E-state index is 0.210. The average molecular weight is 246 g/mol. The van der Waals surface area contributed by atoms with Gasteiger partial charge in [-0.05, 0) is 37.1 Å².